The van der Waals surface area contributed by atoms with Crippen LogP contribution in [-0.4, -0.2) is 24.5 Å². The molecule has 3 fully saturated rings. The van der Waals surface area contributed by atoms with Gasteiger partial charge in [-0.3, -0.25) is 0 Å². The second kappa shape index (κ2) is 8.61. The zero-order chi connectivity index (χ0) is 21.3. The first-order chi connectivity index (χ1) is 15.1. The predicted octanol–water partition coefficient (Wildman–Crippen LogP) is 6.11. The number of aryl methyl sites for hydroxylation is 2. The summed E-state index contributed by atoms with van der Waals surface area (Å²) >= 11 is 0. The lowest BCUT2D eigenvalue weighted by Crippen LogP contribution is -2.56. The molecule has 0 radical (unpaired) electrons. The number of piperidine rings is 3. The number of hydrogen-bond donors (Lipinski definition) is 0. The molecular weight excluding hydrogens is 378 g/mol. The molecule has 3 aliphatic rings. The minimum Gasteiger partial charge on any atom is -0.361 e. The molecule has 3 aliphatic heterocycles. The van der Waals surface area contributed by atoms with Gasteiger partial charge in [0.2, 0.25) is 0 Å². The van der Waals surface area contributed by atoms with E-state index in [1.165, 1.54) is 53.7 Å². The lowest BCUT2D eigenvalue weighted by Gasteiger charge is -2.53. The fourth-order valence-corrected chi connectivity index (χ4v) is 6.02. The summed E-state index contributed by atoms with van der Waals surface area (Å²) in [4.78, 5) is 2.64. The van der Waals surface area contributed by atoms with Crippen molar-refractivity contribution in [1.82, 2.24) is 4.90 Å². The zero-order valence-electron chi connectivity index (χ0n) is 18.8. The van der Waals surface area contributed by atoms with E-state index in [9.17, 15) is 0 Å². The monoisotopic (exact) mass is 411 g/mol. The van der Waals surface area contributed by atoms with Gasteiger partial charge in [0.15, 0.2) is 0 Å². The first-order valence-corrected chi connectivity index (χ1v) is 11.7. The van der Waals surface area contributed by atoms with Gasteiger partial charge in [0.1, 0.15) is 5.60 Å². The molecule has 2 bridgehead atoms. The first-order valence-electron chi connectivity index (χ1n) is 11.7. The van der Waals surface area contributed by atoms with E-state index in [4.69, 9.17) is 4.74 Å². The van der Waals surface area contributed by atoms with E-state index in [2.05, 4.69) is 97.6 Å². The third-order valence-corrected chi connectivity index (χ3v) is 7.33. The molecule has 2 heteroatoms. The third-order valence-electron chi connectivity index (χ3n) is 7.33. The maximum atomic E-state index is 7.16. The third kappa shape index (κ3) is 3.95. The van der Waals surface area contributed by atoms with Gasteiger partial charge in [-0.2, -0.15) is 0 Å². The molecule has 2 nitrogen and oxygen atoms in total. The molecule has 0 unspecified atom stereocenters. The minimum atomic E-state index is -0.441. The molecular formula is C29H33NO. The van der Waals surface area contributed by atoms with E-state index in [1.54, 1.807) is 0 Å². The smallest absolute Gasteiger partial charge is 0.123 e. The number of fused-ring (bicyclic) bond motifs is 3. The molecule has 3 saturated heterocycles. The Morgan fingerprint density at radius 1 is 0.806 bits per heavy atom. The standard InChI is InChI=1S/C29H33NO/c1-22-17-23(2)19-24(18-22)21-31-29(26-9-5-3-6-10-26,27-11-7-4-8-12-27)28-20-30-15-13-25(28)14-16-30/h3-12,17-19,25,28H,13-16,20-21H2,1-2H3/t28-/m1/s1. The minimum absolute atomic E-state index is 0.441. The topological polar surface area (TPSA) is 12.5 Å². The van der Waals surface area contributed by atoms with Gasteiger partial charge in [0.05, 0.1) is 6.61 Å². The van der Waals surface area contributed by atoms with E-state index >= 15 is 0 Å². The van der Waals surface area contributed by atoms with Crippen LogP contribution in [0.25, 0.3) is 0 Å². The van der Waals surface area contributed by atoms with E-state index in [0.717, 1.165) is 6.54 Å². The lowest BCUT2D eigenvalue weighted by atomic mass is 9.65. The molecule has 0 aromatic heterocycles. The van der Waals surface area contributed by atoms with Crippen LogP contribution in [0.1, 0.15) is 40.7 Å². The number of hydrogen-bond acceptors (Lipinski definition) is 2. The fraction of sp³-hybridized carbons (Fsp3) is 0.379. The highest BCUT2D eigenvalue weighted by atomic mass is 16.5. The summed E-state index contributed by atoms with van der Waals surface area (Å²) in [5.41, 5.74) is 5.98. The highest BCUT2D eigenvalue weighted by molar-refractivity contribution is 5.39. The molecule has 0 saturated carbocycles. The normalized spacial score (nSPS) is 23.1. The Hall–Kier alpha value is -2.42. The quantitative estimate of drug-likeness (QED) is 0.485. The average Bonchev–Trinajstić information content (AvgIpc) is 2.81. The van der Waals surface area contributed by atoms with Crippen LogP contribution >= 0.6 is 0 Å². The highest BCUT2D eigenvalue weighted by Crippen LogP contribution is 2.49. The molecule has 31 heavy (non-hydrogen) atoms. The number of rotatable bonds is 6. The zero-order valence-corrected chi connectivity index (χ0v) is 18.8. The molecule has 3 aromatic carbocycles. The SMILES string of the molecule is Cc1cc(C)cc(COC(c2ccccc2)(c2ccccc2)[C@@H]2CN3CCC2CC3)c1. The largest absolute Gasteiger partial charge is 0.361 e. The number of nitrogens with zero attached hydrogens (tertiary/aromatic N) is 1. The second-order valence-corrected chi connectivity index (χ2v) is 9.50. The van der Waals surface area contributed by atoms with Crippen LogP contribution in [0.3, 0.4) is 0 Å². The molecule has 3 heterocycles. The van der Waals surface area contributed by atoms with E-state index in [-0.39, 0.29) is 0 Å². The lowest BCUT2D eigenvalue weighted by molar-refractivity contribution is -0.126. The Balaban J connectivity index is 1.62. The molecule has 6 rings (SSSR count). The summed E-state index contributed by atoms with van der Waals surface area (Å²) < 4.78 is 7.16. The van der Waals surface area contributed by atoms with Crippen molar-refractivity contribution in [3.63, 3.8) is 0 Å². The van der Waals surface area contributed by atoms with Crippen molar-refractivity contribution in [2.75, 3.05) is 19.6 Å². The Bertz CT molecular complexity index is 946. The molecule has 0 aliphatic carbocycles. The van der Waals surface area contributed by atoms with Crippen LogP contribution in [0.5, 0.6) is 0 Å². The Morgan fingerprint density at radius 2 is 1.35 bits per heavy atom. The van der Waals surface area contributed by atoms with Crippen molar-refractivity contribution < 1.29 is 4.74 Å². The van der Waals surface area contributed by atoms with Crippen molar-refractivity contribution in [3.8, 4) is 0 Å². The van der Waals surface area contributed by atoms with Gasteiger partial charge in [-0.1, -0.05) is 90.0 Å². The second-order valence-electron chi connectivity index (χ2n) is 9.50. The Kier molecular flexibility index (Phi) is 5.69. The molecule has 160 valence electrons. The molecule has 3 aromatic rings. The Morgan fingerprint density at radius 3 is 1.84 bits per heavy atom. The average molecular weight is 412 g/mol. The van der Waals surface area contributed by atoms with Gasteiger partial charge >= 0.3 is 0 Å². The van der Waals surface area contributed by atoms with Crippen molar-refractivity contribution >= 4 is 0 Å². The molecule has 0 N–H and O–H groups in total. The van der Waals surface area contributed by atoms with Crippen LogP contribution < -0.4 is 0 Å². The van der Waals surface area contributed by atoms with Crippen LogP contribution in [0.4, 0.5) is 0 Å². The molecule has 1 atom stereocenters. The molecule has 0 spiro atoms. The van der Waals surface area contributed by atoms with Gasteiger partial charge in [-0.15, -0.1) is 0 Å². The van der Waals surface area contributed by atoms with Crippen molar-refractivity contribution in [2.45, 2.75) is 38.9 Å². The van der Waals surface area contributed by atoms with E-state index in [0.29, 0.717) is 18.4 Å². The van der Waals surface area contributed by atoms with Crippen LogP contribution in [0.15, 0.2) is 78.9 Å². The highest BCUT2D eigenvalue weighted by Gasteiger charge is 2.50. The van der Waals surface area contributed by atoms with Crippen molar-refractivity contribution in [3.05, 3.63) is 107 Å². The maximum absolute atomic E-state index is 7.16. The maximum Gasteiger partial charge on any atom is 0.123 e. The van der Waals surface area contributed by atoms with E-state index in [1.807, 2.05) is 0 Å². The van der Waals surface area contributed by atoms with Crippen LogP contribution in [0.2, 0.25) is 0 Å². The first kappa shape index (κ1) is 20.5. The van der Waals surface area contributed by atoms with Gasteiger partial charge in [0, 0.05) is 12.5 Å². The van der Waals surface area contributed by atoms with Crippen LogP contribution in [-0.2, 0) is 16.9 Å². The van der Waals surface area contributed by atoms with Gasteiger partial charge in [-0.25, -0.2) is 0 Å². The van der Waals surface area contributed by atoms with Gasteiger partial charge in [0.25, 0.3) is 0 Å². The summed E-state index contributed by atoms with van der Waals surface area (Å²) in [7, 11) is 0. The van der Waals surface area contributed by atoms with Gasteiger partial charge < -0.3 is 9.64 Å². The summed E-state index contributed by atoms with van der Waals surface area (Å²) in [5.74, 6) is 1.15. The Labute approximate surface area is 186 Å². The van der Waals surface area contributed by atoms with Crippen LogP contribution in [0, 0.1) is 25.7 Å². The number of ether oxygens (including phenoxy) is 1. The predicted molar refractivity (Wildman–Crippen MR) is 127 cm³/mol. The van der Waals surface area contributed by atoms with E-state index < -0.39 is 5.60 Å². The molecule has 0 amide bonds. The van der Waals surface area contributed by atoms with Gasteiger partial charge in [-0.05, 0) is 62.4 Å². The summed E-state index contributed by atoms with van der Waals surface area (Å²) in [6.45, 7) is 8.55. The summed E-state index contributed by atoms with van der Waals surface area (Å²) in [6, 6.07) is 28.7. The van der Waals surface area contributed by atoms with Crippen molar-refractivity contribution in [2.24, 2.45) is 11.8 Å². The van der Waals surface area contributed by atoms with Crippen molar-refractivity contribution in [1.29, 1.82) is 0 Å². The fourth-order valence-electron chi connectivity index (χ4n) is 6.02. The summed E-state index contributed by atoms with van der Waals surface area (Å²) in [6.07, 6.45) is 2.55. The summed E-state index contributed by atoms with van der Waals surface area (Å²) in [5, 5.41) is 0. The number of benzene rings is 3.